The summed E-state index contributed by atoms with van der Waals surface area (Å²) in [6, 6.07) is 3.11. The molecule has 19 heavy (non-hydrogen) atoms. The predicted molar refractivity (Wildman–Crippen MR) is 74.7 cm³/mol. The Morgan fingerprint density at radius 1 is 1.47 bits per heavy atom. The normalized spacial score (nSPS) is 13.2. The SMILES string of the molecule is CCCC(COC)NS(=O)(=O)c1ncccc1NC. The highest BCUT2D eigenvalue weighted by molar-refractivity contribution is 7.89. The Labute approximate surface area is 114 Å². The number of sulfonamides is 1. The van der Waals surface area contributed by atoms with Crippen LogP contribution in [0.3, 0.4) is 0 Å². The fourth-order valence-electron chi connectivity index (χ4n) is 1.80. The van der Waals surface area contributed by atoms with Gasteiger partial charge in [0.25, 0.3) is 10.0 Å². The van der Waals surface area contributed by atoms with Crippen molar-refractivity contribution in [1.82, 2.24) is 9.71 Å². The standard InChI is InChI=1S/C12H21N3O3S/c1-4-6-10(9-18-3)15-19(16,17)12-11(13-2)7-5-8-14-12/h5,7-8,10,13,15H,4,6,9H2,1-3H3. The molecule has 0 aliphatic carbocycles. The molecule has 0 saturated carbocycles. The van der Waals surface area contributed by atoms with Gasteiger partial charge in [-0.1, -0.05) is 13.3 Å². The van der Waals surface area contributed by atoms with E-state index in [4.69, 9.17) is 4.74 Å². The first-order chi connectivity index (χ1) is 9.05. The third kappa shape index (κ3) is 4.45. The van der Waals surface area contributed by atoms with Crippen LogP contribution in [0.5, 0.6) is 0 Å². The molecule has 0 amide bonds. The first-order valence-corrected chi connectivity index (χ1v) is 7.67. The second kappa shape index (κ2) is 7.42. The minimum atomic E-state index is -3.65. The van der Waals surface area contributed by atoms with Crippen molar-refractivity contribution in [3.63, 3.8) is 0 Å². The van der Waals surface area contributed by atoms with Gasteiger partial charge in [0.1, 0.15) is 0 Å². The molecule has 0 bridgehead atoms. The van der Waals surface area contributed by atoms with E-state index in [1.54, 1.807) is 26.3 Å². The fourth-order valence-corrected chi connectivity index (χ4v) is 3.19. The minimum absolute atomic E-state index is 0.00899. The number of aromatic nitrogens is 1. The number of nitrogens with one attached hydrogen (secondary N) is 2. The number of pyridine rings is 1. The van der Waals surface area contributed by atoms with Gasteiger partial charge in [0.2, 0.25) is 0 Å². The van der Waals surface area contributed by atoms with E-state index in [0.29, 0.717) is 12.3 Å². The van der Waals surface area contributed by atoms with Crippen LogP contribution in [0.15, 0.2) is 23.4 Å². The van der Waals surface area contributed by atoms with Crippen molar-refractivity contribution >= 4 is 15.7 Å². The Bertz CT molecular complexity index is 485. The zero-order valence-electron chi connectivity index (χ0n) is 11.5. The summed E-state index contributed by atoms with van der Waals surface area (Å²) < 4.78 is 32.3. The van der Waals surface area contributed by atoms with Crippen LogP contribution in [0, 0.1) is 0 Å². The van der Waals surface area contributed by atoms with E-state index in [1.165, 1.54) is 6.20 Å². The van der Waals surface area contributed by atoms with Gasteiger partial charge in [-0.2, -0.15) is 0 Å². The summed E-state index contributed by atoms with van der Waals surface area (Å²) in [6.07, 6.45) is 3.05. The number of ether oxygens (including phenoxy) is 1. The molecule has 1 atom stereocenters. The van der Waals surface area contributed by atoms with Crippen molar-refractivity contribution in [1.29, 1.82) is 0 Å². The highest BCUT2D eigenvalue weighted by Gasteiger charge is 2.23. The van der Waals surface area contributed by atoms with Crippen LogP contribution in [0.2, 0.25) is 0 Å². The minimum Gasteiger partial charge on any atom is -0.386 e. The zero-order valence-corrected chi connectivity index (χ0v) is 12.3. The van der Waals surface area contributed by atoms with Gasteiger partial charge in [-0.3, -0.25) is 0 Å². The fraction of sp³-hybridized carbons (Fsp3) is 0.583. The van der Waals surface area contributed by atoms with E-state index in [9.17, 15) is 8.42 Å². The molecule has 0 fully saturated rings. The number of nitrogens with zero attached hydrogens (tertiary/aromatic N) is 1. The van der Waals surface area contributed by atoms with Crippen LogP contribution in [0.1, 0.15) is 19.8 Å². The molecule has 1 aromatic rings. The summed E-state index contributed by atoms with van der Waals surface area (Å²) in [6.45, 7) is 2.34. The average Bonchev–Trinajstić information content (AvgIpc) is 2.39. The summed E-state index contributed by atoms with van der Waals surface area (Å²) in [5, 5.41) is 2.83. The molecule has 0 aliphatic rings. The van der Waals surface area contributed by atoms with E-state index < -0.39 is 10.0 Å². The Kier molecular flexibility index (Phi) is 6.20. The lowest BCUT2D eigenvalue weighted by atomic mass is 10.2. The molecule has 0 aromatic carbocycles. The topological polar surface area (TPSA) is 80.3 Å². The van der Waals surface area contributed by atoms with E-state index in [0.717, 1.165) is 12.8 Å². The molecule has 1 aromatic heterocycles. The molecule has 6 nitrogen and oxygen atoms in total. The first kappa shape index (κ1) is 15.9. The largest absolute Gasteiger partial charge is 0.386 e. The van der Waals surface area contributed by atoms with Crippen molar-refractivity contribution in [2.75, 3.05) is 26.1 Å². The quantitative estimate of drug-likeness (QED) is 0.751. The average molecular weight is 287 g/mol. The number of hydrogen-bond acceptors (Lipinski definition) is 5. The molecule has 108 valence electrons. The zero-order chi connectivity index (χ0) is 14.3. The van der Waals surface area contributed by atoms with Gasteiger partial charge in [-0.15, -0.1) is 0 Å². The van der Waals surface area contributed by atoms with E-state index in [-0.39, 0.29) is 11.1 Å². The molecular weight excluding hydrogens is 266 g/mol. The third-order valence-corrected chi connectivity index (χ3v) is 4.10. The monoisotopic (exact) mass is 287 g/mol. The Balaban J connectivity index is 2.96. The highest BCUT2D eigenvalue weighted by atomic mass is 32.2. The molecule has 0 aliphatic heterocycles. The van der Waals surface area contributed by atoms with Gasteiger partial charge >= 0.3 is 0 Å². The number of hydrogen-bond donors (Lipinski definition) is 2. The van der Waals surface area contributed by atoms with Gasteiger partial charge in [0.05, 0.1) is 12.3 Å². The van der Waals surface area contributed by atoms with Crippen molar-refractivity contribution in [3.05, 3.63) is 18.3 Å². The van der Waals surface area contributed by atoms with Crippen LogP contribution in [0.4, 0.5) is 5.69 Å². The van der Waals surface area contributed by atoms with Gasteiger partial charge in [0, 0.05) is 26.4 Å². The van der Waals surface area contributed by atoms with Crippen LogP contribution in [-0.4, -0.2) is 40.2 Å². The van der Waals surface area contributed by atoms with Gasteiger partial charge < -0.3 is 10.1 Å². The van der Waals surface area contributed by atoms with E-state index in [1.807, 2.05) is 6.92 Å². The van der Waals surface area contributed by atoms with E-state index >= 15 is 0 Å². The summed E-state index contributed by atoms with van der Waals surface area (Å²) in [5.74, 6) is 0. The van der Waals surface area contributed by atoms with Crippen LogP contribution >= 0.6 is 0 Å². The van der Waals surface area contributed by atoms with Crippen LogP contribution in [0.25, 0.3) is 0 Å². The maximum absolute atomic E-state index is 12.3. The Morgan fingerprint density at radius 2 is 2.21 bits per heavy atom. The smallest absolute Gasteiger partial charge is 0.260 e. The first-order valence-electron chi connectivity index (χ1n) is 6.19. The Morgan fingerprint density at radius 3 is 2.79 bits per heavy atom. The maximum atomic E-state index is 12.3. The number of methoxy groups -OCH3 is 1. The lowest BCUT2D eigenvalue weighted by Gasteiger charge is -2.17. The molecule has 1 rings (SSSR count). The molecule has 2 N–H and O–H groups in total. The van der Waals surface area contributed by atoms with E-state index in [2.05, 4.69) is 15.0 Å². The second-order valence-corrected chi connectivity index (χ2v) is 5.80. The molecule has 7 heteroatoms. The molecule has 0 radical (unpaired) electrons. The number of anilines is 1. The number of rotatable bonds is 8. The summed E-state index contributed by atoms with van der Waals surface area (Å²) >= 11 is 0. The van der Waals surface area contributed by atoms with Crippen molar-refractivity contribution < 1.29 is 13.2 Å². The van der Waals surface area contributed by atoms with Gasteiger partial charge in [-0.25, -0.2) is 18.1 Å². The summed E-state index contributed by atoms with van der Waals surface area (Å²) in [7, 11) is -0.436. The molecule has 1 unspecified atom stereocenters. The highest BCUT2D eigenvalue weighted by Crippen LogP contribution is 2.17. The lowest BCUT2D eigenvalue weighted by Crippen LogP contribution is -2.38. The Hall–Kier alpha value is -1.18. The van der Waals surface area contributed by atoms with Crippen LogP contribution < -0.4 is 10.0 Å². The molecule has 1 heterocycles. The molecule has 0 saturated heterocycles. The predicted octanol–water partition coefficient (Wildman–Crippen LogP) is 1.22. The van der Waals surface area contributed by atoms with Gasteiger partial charge in [0.15, 0.2) is 5.03 Å². The van der Waals surface area contributed by atoms with Gasteiger partial charge in [-0.05, 0) is 18.6 Å². The molecular formula is C12H21N3O3S. The maximum Gasteiger partial charge on any atom is 0.260 e. The summed E-state index contributed by atoms with van der Waals surface area (Å²) in [5.41, 5.74) is 0.475. The van der Waals surface area contributed by atoms with Crippen LogP contribution in [-0.2, 0) is 14.8 Å². The second-order valence-electron chi connectivity index (χ2n) is 4.17. The lowest BCUT2D eigenvalue weighted by molar-refractivity contribution is 0.171. The molecule has 0 spiro atoms. The van der Waals surface area contributed by atoms with Crippen molar-refractivity contribution in [3.8, 4) is 0 Å². The van der Waals surface area contributed by atoms with Crippen molar-refractivity contribution in [2.24, 2.45) is 0 Å². The van der Waals surface area contributed by atoms with Crippen molar-refractivity contribution in [2.45, 2.75) is 30.8 Å². The third-order valence-electron chi connectivity index (χ3n) is 2.62. The summed E-state index contributed by atoms with van der Waals surface area (Å²) in [4.78, 5) is 3.94.